The molecule has 168 valence electrons. The molecule has 1 heterocycles. The Morgan fingerprint density at radius 2 is 1.79 bits per heavy atom. The Morgan fingerprint density at radius 1 is 1.00 bits per heavy atom. The average Bonchev–Trinajstić information content (AvgIpc) is 3.12. The molecule has 1 fully saturated rings. The van der Waals surface area contributed by atoms with Gasteiger partial charge in [0.2, 0.25) is 0 Å². The van der Waals surface area contributed by atoms with Crippen LogP contribution in [0.3, 0.4) is 0 Å². The number of likely N-dealkylation sites (N-methyl/N-ethyl adjacent to an activating group) is 1. The molecule has 4 nitrogen and oxygen atoms in total. The number of carbonyl (C=O) groups excluding carboxylic acids is 1. The zero-order valence-electron chi connectivity index (χ0n) is 19.2. The second-order valence-corrected chi connectivity index (χ2v) is 8.89. The average molecular weight is 457 g/mol. The molecule has 4 rings (SSSR count). The minimum Gasteiger partial charge on any atom is -0.489 e. The number of nitrogens with zero attached hydrogens (tertiary/aromatic N) is 2. The molecule has 0 aromatic heterocycles. The Hall–Kier alpha value is -3.31. The molecule has 0 atom stereocenters. The van der Waals surface area contributed by atoms with Crippen LogP contribution in [0.5, 0.6) is 5.75 Å². The first-order valence-electron chi connectivity index (χ1n) is 11.2. The third-order valence-corrected chi connectivity index (χ3v) is 6.47. The summed E-state index contributed by atoms with van der Waals surface area (Å²) in [5.74, 6) is 0.799. The molecular weight excluding hydrogens is 428 g/mol. The van der Waals surface area contributed by atoms with Gasteiger partial charge in [-0.25, -0.2) is 4.99 Å². The van der Waals surface area contributed by atoms with Crippen LogP contribution in [0.15, 0.2) is 82.7 Å². The van der Waals surface area contributed by atoms with E-state index in [1.54, 1.807) is 4.90 Å². The van der Waals surface area contributed by atoms with Gasteiger partial charge in [-0.3, -0.25) is 9.69 Å². The van der Waals surface area contributed by atoms with Crippen molar-refractivity contribution in [2.45, 2.75) is 33.8 Å². The van der Waals surface area contributed by atoms with E-state index in [-0.39, 0.29) is 5.91 Å². The van der Waals surface area contributed by atoms with Crippen molar-refractivity contribution in [2.75, 3.05) is 6.54 Å². The second kappa shape index (κ2) is 10.5. The normalized spacial score (nSPS) is 16.1. The monoisotopic (exact) mass is 456 g/mol. The van der Waals surface area contributed by atoms with Gasteiger partial charge in [-0.1, -0.05) is 67.1 Å². The lowest BCUT2D eigenvalue weighted by Gasteiger charge is -2.12. The molecule has 0 bridgehead atoms. The molecule has 1 saturated heterocycles. The van der Waals surface area contributed by atoms with E-state index in [2.05, 4.69) is 38.1 Å². The lowest BCUT2D eigenvalue weighted by molar-refractivity contribution is -0.122. The van der Waals surface area contributed by atoms with Crippen LogP contribution < -0.4 is 4.74 Å². The number of thioether (sulfide) groups is 1. The third kappa shape index (κ3) is 5.55. The van der Waals surface area contributed by atoms with Gasteiger partial charge in [0.05, 0.1) is 10.6 Å². The van der Waals surface area contributed by atoms with Crippen molar-refractivity contribution < 1.29 is 9.53 Å². The summed E-state index contributed by atoms with van der Waals surface area (Å²) in [7, 11) is 0. The van der Waals surface area contributed by atoms with E-state index in [1.165, 1.54) is 22.9 Å². The predicted octanol–water partition coefficient (Wildman–Crippen LogP) is 6.76. The maximum Gasteiger partial charge on any atom is 0.266 e. The number of hydrogen-bond donors (Lipinski definition) is 0. The molecule has 0 aliphatic carbocycles. The van der Waals surface area contributed by atoms with Crippen molar-refractivity contribution in [1.82, 2.24) is 4.90 Å². The summed E-state index contributed by atoms with van der Waals surface area (Å²) in [4.78, 5) is 20.2. The summed E-state index contributed by atoms with van der Waals surface area (Å²) in [6.45, 7) is 7.28. The van der Waals surface area contributed by atoms with Crippen molar-refractivity contribution in [3.63, 3.8) is 0 Å². The van der Waals surface area contributed by atoms with E-state index in [1.807, 2.05) is 61.5 Å². The van der Waals surface area contributed by atoms with E-state index in [0.717, 1.165) is 34.2 Å². The number of rotatable bonds is 7. The zero-order chi connectivity index (χ0) is 23.2. The molecular formula is C28H28N2O2S. The molecule has 0 saturated carbocycles. The number of aliphatic imine (C=N–C) groups is 1. The quantitative estimate of drug-likeness (QED) is 0.369. The lowest BCUT2D eigenvalue weighted by Crippen LogP contribution is -2.28. The van der Waals surface area contributed by atoms with Crippen LogP contribution in [0.4, 0.5) is 5.69 Å². The highest BCUT2D eigenvalue weighted by atomic mass is 32.2. The summed E-state index contributed by atoms with van der Waals surface area (Å²) in [6, 6.07) is 24.2. The number of hydrogen-bond acceptors (Lipinski definition) is 4. The summed E-state index contributed by atoms with van der Waals surface area (Å²) in [6.07, 6.45) is 2.83. The first-order chi connectivity index (χ1) is 16.1. The van der Waals surface area contributed by atoms with Gasteiger partial charge < -0.3 is 4.74 Å². The number of amidine groups is 1. The summed E-state index contributed by atoms with van der Waals surface area (Å²) < 4.78 is 5.91. The van der Waals surface area contributed by atoms with E-state index in [0.29, 0.717) is 18.1 Å². The fourth-order valence-electron chi connectivity index (χ4n) is 3.67. The first kappa shape index (κ1) is 22.9. The van der Waals surface area contributed by atoms with Crippen molar-refractivity contribution in [2.24, 2.45) is 4.99 Å². The molecule has 1 amide bonds. The standard InChI is InChI=1S/C28H28N2O2S/c1-4-23-11-6-7-12-25(23)29-28-30(5-2)27(31)26(33-28)18-21-13-15-24(16-14-21)32-19-22-10-8-9-20(3)17-22/h6-18H,4-5,19H2,1-3H3/b26-18+,29-28?. The fourth-order valence-corrected chi connectivity index (χ4v) is 4.73. The molecule has 0 N–H and O–H groups in total. The first-order valence-corrected chi connectivity index (χ1v) is 12.1. The summed E-state index contributed by atoms with van der Waals surface area (Å²) in [5, 5.41) is 0.729. The molecule has 1 aliphatic rings. The molecule has 5 heteroatoms. The van der Waals surface area contributed by atoms with Gasteiger partial charge in [0, 0.05) is 6.54 Å². The maximum atomic E-state index is 13.0. The van der Waals surface area contributed by atoms with Gasteiger partial charge in [-0.15, -0.1) is 0 Å². The summed E-state index contributed by atoms with van der Waals surface area (Å²) >= 11 is 1.43. The van der Waals surface area contributed by atoms with Gasteiger partial charge >= 0.3 is 0 Å². The van der Waals surface area contributed by atoms with E-state index in [4.69, 9.17) is 9.73 Å². The van der Waals surface area contributed by atoms with Crippen molar-refractivity contribution in [3.8, 4) is 5.75 Å². The lowest BCUT2D eigenvalue weighted by atomic mass is 10.1. The van der Waals surface area contributed by atoms with Gasteiger partial charge in [0.25, 0.3) is 5.91 Å². The Kier molecular flexibility index (Phi) is 7.30. The number of ether oxygens (including phenoxy) is 1. The Balaban J connectivity index is 1.49. The highest BCUT2D eigenvalue weighted by Gasteiger charge is 2.32. The van der Waals surface area contributed by atoms with Gasteiger partial charge in [-0.2, -0.15) is 0 Å². The molecule has 1 aliphatic heterocycles. The molecule has 33 heavy (non-hydrogen) atoms. The number of aryl methyl sites for hydroxylation is 2. The molecule has 0 radical (unpaired) electrons. The minimum absolute atomic E-state index is 0.00463. The minimum atomic E-state index is -0.00463. The number of carbonyl (C=O) groups is 1. The Bertz CT molecular complexity index is 1200. The van der Waals surface area contributed by atoms with Crippen molar-refractivity contribution >= 4 is 34.6 Å². The molecule has 0 unspecified atom stereocenters. The Morgan fingerprint density at radius 3 is 2.52 bits per heavy atom. The van der Waals surface area contributed by atoms with Gasteiger partial charge in [0.1, 0.15) is 12.4 Å². The molecule has 0 spiro atoms. The van der Waals surface area contributed by atoms with Crippen LogP contribution in [-0.4, -0.2) is 22.5 Å². The van der Waals surface area contributed by atoms with Crippen LogP contribution in [0.2, 0.25) is 0 Å². The number of para-hydroxylation sites is 1. The number of amides is 1. The SMILES string of the molecule is CCc1ccccc1N=C1S/C(=C/c2ccc(OCc3cccc(C)c3)cc2)C(=O)N1CC. The summed E-state index contributed by atoms with van der Waals surface area (Å²) in [5.41, 5.74) is 5.42. The van der Waals surface area contributed by atoms with Gasteiger partial charge in [0.15, 0.2) is 5.17 Å². The van der Waals surface area contributed by atoms with E-state index < -0.39 is 0 Å². The number of benzene rings is 3. The van der Waals surface area contributed by atoms with E-state index in [9.17, 15) is 4.79 Å². The fraction of sp³-hybridized carbons (Fsp3) is 0.214. The smallest absolute Gasteiger partial charge is 0.266 e. The largest absolute Gasteiger partial charge is 0.489 e. The van der Waals surface area contributed by atoms with Gasteiger partial charge in [-0.05, 0) is 73.0 Å². The van der Waals surface area contributed by atoms with Crippen LogP contribution in [-0.2, 0) is 17.8 Å². The third-order valence-electron chi connectivity index (χ3n) is 5.46. The van der Waals surface area contributed by atoms with Crippen LogP contribution >= 0.6 is 11.8 Å². The molecule has 3 aromatic carbocycles. The van der Waals surface area contributed by atoms with E-state index >= 15 is 0 Å². The topological polar surface area (TPSA) is 41.9 Å². The van der Waals surface area contributed by atoms with Crippen molar-refractivity contribution in [1.29, 1.82) is 0 Å². The second-order valence-electron chi connectivity index (χ2n) is 7.88. The highest BCUT2D eigenvalue weighted by molar-refractivity contribution is 8.18. The predicted molar refractivity (Wildman–Crippen MR) is 138 cm³/mol. The zero-order valence-corrected chi connectivity index (χ0v) is 20.1. The van der Waals surface area contributed by atoms with Crippen molar-refractivity contribution in [3.05, 3.63) is 100.0 Å². The van der Waals surface area contributed by atoms with Crippen LogP contribution in [0, 0.1) is 6.92 Å². The van der Waals surface area contributed by atoms with Crippen LogP contribution in [0.1, 0.15) is 36.1 Å². The van der Waals surface area contributed by atoms with Crippen LogP contribution in [0.25, 0.3) is 6.08 Å². The maximum absolute atomic E-state index is 13.0. The Labute approximate surface area is 200 Å². The molecule has 3 aromatic rings. The highest BCUT2D eigenvalue weighted by Crippen LogP contribution is 2.35.